The minimum atomic E-state index is 0.754. The maximum absolute atomic E-state index is 2.65. The first-order valence-corrected chi connectivity index (χ1v) is 9.64. The maximum Gasteiger partial charge on any atom is 0.0662 e. The lowest BCUT2D eigenvalue weighted by Crippen LogP contribution is -2.39. The summed E-state index contributed by atoms with van der Waals surface area (Å²) in [6.45, 7) is 8.01. The standard InChI is InChI=1S/C23H26N2/c1-16-7-8-21-20(15-16)23-22(19-9-12-24(23)13-10-19)25(21)14-11-18-6-4-3-5-17(18)2/h3-8,15,19H,9-14H2,1-2H3. The monoisotopic (exact) mass is 330 g/mol. The molecule has 1 fully saturated rings. The molecule has 2 nitrogen and oxygen atoms in total. The summed E-state index contributed by atoms with van der Waals surface area (Å²) in [5, 5.41) is 1.48. The Labute approximate surface area is 150 Å². The van der Waals surface area contributed by atoms with Gasteiger partial charge in [-0.3, -0.25) is 0 Å². The van der Waals surface area contributed by atoms with Crippen LogP contribution in [0.1, 0.15) is 41.1 Å². The molecule has 1 saturated heterocycles. The van der Waals surface area contributed by atoms with Crippen molar-refractivity contribution in [3.8, 4) is 0 Å². The number of piperidine rings is 1. The van der Waals surface area contributed by atoms with Crippen LogP contribution < -0.4 is 4.90 Å². The molecule has 3 aliphatic heterocycles. The predicted octanol–water partition coefficient (Wildman–Crippen LogP) is 5.20. The van der Waals surface area contributed by atoms with Gasteiger partial charge in [-0.2, -0.15) is 0 Å². The zero-order valence-corrected chi connectivity index (χ0v) is 15.3. The Morgan fingerprint density at radius 1 is 1.00 bits per heavy atom. The summed E-state index contributed by atoms with van der Waals surface area (Å²) in [4.78, 5) is 2.64. The molecule has 2 heteroatoms. The SMILES string of the molecule is Cc1ccc2c(c1)c1c(n2CCc2ccccc2C)C2CCN1CC2. The Hall–Kier alpha value is -2.22. The highest BCUT2D eigenvalue weighted by atomic mass is 15.2. The van der Waals surface area contributed by atoms with E-state index in [9.17, 15) is 0 Å². The first-order chi connectivity index (χ1) is 12.2. The zero-order chi connectivity index (χ0) is 17.0. The van der Waals surface area contributed by atoms with E-state index in [4.69, 9.17) is 0 Å². The van der Waals surface area contributed by atoms with Gasteiger partial charge in [0.1, 0.15) is 0 Å². The molecule has 0 radical (unpaired) electrons. The van der Waals surface area contributed by atoms with Gasteiger partial charge in [0, 0.05) is 36.6 Å². The molecule has 2 bridgehead atoms. The van der Waals surface area contributed by atoms with Crippen LogP contribution in [0.4, 0.5) is 5.69 Å². The molecule has 0 N–H and O–H groups in total. The van der Waals surface area contributed by atoms with Gasteiger partial charge >= 0.3 is 0 Å². The summed E-state index contributed by atoms with van der Waals surface area (Å²) in [5.41, 5.74) is 8.86. The van der Waals surface area contributed by atoms with Crippen LogP contribution in [0.15, 0.2) is 42.5 Å². The Kier molecular flexibility index (Phi) is 3.41. The summed E-state index contributed by atoms with van der Waals surface area (Å²) in [5.74, 6) is 0.754. The molecule has 3 aromatic rings. The van der Waals surface area contributed by atoms with E-state index in [1.165, 1.54) is 53.5 Å². The second-order valence-electron chi connectivity index (χ2n) is 7.84. The number of rotatable bonds is 3. The quantitative estimate of drug-likeness (QED) is 0.641. The second-order valence-corrected chi connectivity index (χ2v) is 7.84. The maximum atomic E-state index is 2.65. The molecule has 1 aromatic heterocycles. The average Bonchev–Trinajstić information content (AvgIpc) is 2.98. The summed E-state index contributed by atoms with van der Waals surface area (Å²) >= 11 is 0. The van der Waals surface area contributed by atoms with Crippen molar-refractivity contribution in [1.82, 2.24) is 4.57 Å². The Morgan fingerprint density at radius 3 is 2.60 bits per heavy atom. The second kappa shape index (κ2) is 5.66. The molecule has 25 heavy (non-hydrogen) atoms. The normalized spacial score (nSPS) is 16.6. The van der Waals surface area contributed by atoms with Crippen LogP contribution >= 0.6 is 0 Å². The number of aromatic nitrogens is 1. The highest BCUT2D eigenvalue weighted by molar-refractivity contribution is 5.97. The lowest BCUT2D eigenvalue weighted by Gasteiger charge is -2.41. The summed E-state index contributed by atoms with van der Waals surface area (Å²) in [6.07, 6.45) is 3.77. The minimum Gasteiger partial charge on any atom is -0.370 e. The van der Waals surface area contributed by atoms with Gasteiger partial charge in [0.15, 0.2) is 0 Å². The van der Waals surface area contributed by atoms with Crippen LogP contribution in [0.2, 0.25) is 0 Å². The highest BCUT2D eigenvalue weighted by Crippen LogP contribution is 2.48. The Morgan fingerprint density at radius 2 is 1.80 bits per heavy atom. The van der Waals surface area contributed by atoms with Gasteiger partial charge in [-0.05, 0) is 56.4 Å². The van der Waals surface area contributed by atoms with Gasteiger partial charge in [-0.1, -0.05) is 35.9 Å². The van der Waals surface area contributed by atoms with Crippen molar-refractivity contribution < 1.29 is 0 Å². The number of fused-ring (bicyclic) bond motifs is 3. The van der Waals surface area contributed by atoms with E-state index in [1.807, 2.05) is 0 Å². The Bertz CT molecular complexity index is 942. The zero-order valence-electron chi connectivity index (χ0n) is 15.3. The largest absolute Gasteiger partial charge is 0.370 e. The fraction of sp³-hybridized carbons (Fsp3) is 0.391. The van der Waals surface area contributed by atoms with Crippen molar-refractivity contribution in [2.24, 2.45) is 0 Å². The number of anilines is 1. The van der Waals surface area contributed by atoms with Crippen molar-refractivity contribution in [1.29, 1.82) is 0 Å². The molecule has 0 spiro atoms. The van der Waals surface area contributed by atoms with Crippen LogP contribution in [-0.2, 0) is 13.0 Å². The van der Waals surface area contributed by atoms with Crippen molar-refractivity contribution in [3.05, 3.63) is 64.8 Å². The third-order valence-electron chi connectivity index (χ3n) is 6.30. The van der Waals surface area contributed by atoms with E-state index in [1.54, 1.807) is 11.4 Å². The van der Waals surface area contributed by atoms with Gasteiger partial charge < -0.3 is 9.47 Å². The molecule has 0 aliphatic carbocycles. The smallest absolute Gasteiger partial charge is 0.0662 e. The molecule has 128 valence electrons. The molecule has 0 unspecified atom stereocenters. The van der Waals surface area contributed by atoms with E-state index in [0.717, 1.165) is 18.9 Å². The number of aryl methyl sites for hydroxylation is 4. The topological polar surface area (TPSA) is 8.17 Å². The third kappa shape index (κ3) is 2.31. The average molecular weight is 330 g/mol. The highest BCUT2D eigenvalue weighted by Gasteiger charge is 2.35. The molecule has 0 saturated carbocycles. The number of nitrogens with zero attached hydrogens (tertiary/aromatic N) is 2. The molecule has 2 aromatic carbocycles. The van der Waals surface area contributed by atoms with Gasteiger partial charge in [0.05, 0.1) is 11.2 Å². The number of hydrogen-bond donors (Lipinski definition) is 0. The van der Waals surface area contributed by atoms with E-state index < -0.39 is 0 Å². The first kappa shape index (κ1) is 15.1. The number of benzene rings is 2. The van der Waals surface area contributed by atoms with Crippen LogP contribution in [0.5, 0.6) is 0 Å². The summed E-state index contributed by atoms with van der Waals surface area (Å²) < 4.78 is 2.65. The van der Waals surface area contributed by atoms with Gasteiger partial charge in [-0.15, -0.1) is 0 Å². The van der Waals surface area contributed by atoms with Crippen molar-refractivity contribution in [2.75, 3.05) is 18.0 Å². The summed E-state index contributed by atoms with van der Waals surface area (Å²) in [7, 11) is 0. The molecule has 3 aliphatic rings. The first-order valence-electron chi connectivity index (χ1n) is 9.64. The predicted molar refractivity (Wildman–Crippen MR) is 106 cm³/mol. The van der Waals surface area contributed by atoms with Crippen LogP contribution in [-0.4, -0.2) is 17.7 Å². The van der Waals surface area contributed by atoms with Crippen LogP contribution in [0.3, 0.4) is 0 Å². The van der Waals surface area contributed by atoms with Crippen LogP contribution in [0.25, 0.3) is 10.9 Å². The van der Waals surface area contributed by atoms with Gasteiger partial charge in [0.2, 0.25) is 0 Å². The van der Waals surface area contributed by atoms with E-state index in [-0.39, 0.29) is 0 Å². The molecular formula is C23H26N2. The molecule has 0 atom stereocenters. The molecule has 0 amide bonds. The van der Waals surface area contributed by atoms with Gasteiger partial charge in [-0.25, -0.2) is 0 Å². The number of hydrogen-bond acceptors (Lipinski definition) is 1. The molecule has 4 heterocycles. The Balaban J connectivity index is 1.63. The van der Waals surface area contributed by atoms with Crippen molar-refractivity contribution in [2.45, 2.75) is 45.6 Å². The van der Waals surface area contributed by atoms with Crippen molar-refractivity contribution in [3.63, 3.8) is 0 Å². The summed E-state index contributed by atoms with van der Waals surface area (Å²) in [6, 6.07) is 15.8. The van der Waals surface area contributed by atoms with Gasteiger partial charge in [0.25, 0.3) is 0 Å². The van der Waals surface area contributed by atoms with E-state index in [2.05, 4.69) is 65.8 Å². The lowest BCUT2D eigenvalue weighted by molar-refractivity contribution is 0.448. The minimum absolute atomic E-state index is 0.754. The third-order valence-corrected chi connectivity index (χ3v) is 6.30. The fourth-order valence-corrected chi connectivity index (χ4v) is 4.96. The van der Waals surface area contributed by atoms with E-state index in [0.29, 0.717) is 0 Å². The molecule has 6 rings (SSSR count). The van der Waals surface area contributed by atoms with E-state index >= 15 is 0 Å². The van der Waals surface area contributed by atoms with Crippen LogP contribution in [0, 0.1) is 13.8 Å². The molecular weight excluding hydrogens is 304 g/mol. The van der Waals surface area contributed by atoms with Crippen molar-refractivity contribution >= 4 is 16.6 Å². The fourth-order valence-electron chi connectivity index (χ4n) is 4.96. The lowest BCUT2D eigenvalue weighted by atomic mass is 9.86.